The molecule has 86 valence electrons. The minimum absolute atomic E-state index is 0.422. The molecule has 2 heterocycles. The average Bonchev–Trinajstić information content (AvgIpc) is 2.62. The van der Waals surface area contributed by atoms with Gasteiger partial charge in [-0.3, -0.25) is 4.57 Å². The number of fused-ring (bicyclic) bond motifs is 1. The number of rotatable bonds is 4. The maximum atomic E-state index is 5.37. The van der Waals surface area contributed by atoms with Crippen LogP contribution in [-0.2, 0) is 0 Å². The number of imidazole rings is 1. The van der Waals surface area contributed by atoms with E-state index in [1.165, 1.54) is 0 Å². The first-order valence-corrected chi connectivity index (χ1v) is 7.12. The van der Waals surface area contributed by atoms with Gasteiger partial charge < -0.3 is 4.98 Å². The van der Waals surface area contributed by atoms with Crippen molar-refractivity contribution in [2.24, 2.45) is 0 Å². The molecule has 0 fully saturated rings. The molecule has 1 atom stereocenters. The number of aromatic amines is 1. The van der Waals surface area contributed by atoms with Gasteiger partial charge in [-0.2, -0.15) is 11.8 Å². The Morgan fingerprint density at radius 1 is 1.62 bits per heavy atom. The number of thioether (sulfide) groups is 1. The zero-order valence-electron chi connectivity index (χ0n) is 9.43. The van der Waals surface area contributed by atoms with E-state index in [2.05, 4.69) is 27.7 Å². The molecule has 16 heavy (non-hydrogen) atoms. The van der Waals surface area contributed by atoms with E-state index in [1.807, 2.05) is 30.1 Å². The summed E-state index contributed by atoms with van der Waals surface area (Å²) in [6.07, 6.45) is 5.00. The van der Waals surface area contributed by atoms with E-state index in [0.29, 0.717) is 6.04 Å². The van der Waals surface area contributed by atoms with Gasteiger partial charge in [0.2, 0.25) is 0 Å². The van der Waals surface area contributed by atoms with Gasteiger partial charge in [0.25, 0.3) is 0 Å². The lowest BCUT2D eigenvalue weighted by Gasteiger charge is -2.15. The van der Waals surface area contributed by atoms with Crippen molar-refractivity contribution in [2.75, 3.05) is 12.0 Å². The van der Waals surface area contributed by atoms with Crippen LogP contribution in [-0.4, -0.2) is 26.5 Å². The summed E-state index contributed by atoms with van der Waals surface area (Å²) < 4.78 is 2.91. The lowest BCUT2D eigenvalue weighted by atomic mass is 10.2. The maximum Gasteiger partial charge on any atom is 0.179 e. The van der Waals surface area contributed by atoms with Crippen molar-refractivity contribution in [3.05, 3.63) is 23.1 Å². The first-order chi connectivity index (χ1) is 7.77. The Bertz CT molecular complexity index is 529. The lowest BCUT2D eigenvalue weighted by molar-refractivity contribution is 0.544. The fourth-order valence-electron chi connectivity index (χ4n) is 1.86. The summed E-state index contributed by atoms with van der Waals surface area (Å²) in [7, 11) is 0. The molecule has 0 aliphatic rings. The average molecular weight is 253 g/mol. The summed E-state index contributed by atoms with van der Waals surface area (Å²) in [6, 6.07) is 4.36. The molecule has 0 saturated carbocycles. The van der Waals surface area contributed by atoms with Gasteiger partial charge >= 0.3 is 0 Å². The SMILES string of the molecule is CCC(CSC)n1c(=S)[nH]c2cccnc21. The molecule has 1 unspecified atom stereocenters. The van der Waals surface area contributed by atoms with Crippen LogP contribution in [0.15, 0.2) is 18.3 Å². The van der Waals surface area contributed by atoms with Crippen LogP contribution in [0.4, 0.5) is 0 Å². The third kappa shape index (κ3) is 2.01. The van der Waals surface area contributed by atoms with Crippen LogP contribution < -0.4 is 0 Å². The van der Waals surface area contributed by atoms with Crippen LogP contribution in [0.1, 0.15) is 19.4 Å². The molecule has 2 rings (SSSR count). The monoisotopic (exact) mass is 253 g/mol. The van der Waals surface area contributed by atoms with E-state index in [0.717, 1.165) is 28.1 Å². The standard InChI is InChI=1S/C11H15N3S2/c1-3-8(7-16-2)14-10-9(13-11(14)15)5-4-6-12-10/h4-6,8H,3,7H2,1-2H3,(H,13,15). The Labute approximate surface area is 104 Å². The summed E-state index contributed by atoms with van der Waals surface area (Å²) in [5.74, 6) is 1.06. The molecule has 0 spiro atoms. The number of pyridine rings is 1. The molecule has 0 saturated heterocycles. The molecule has 1 N–H and O–H groups in total. The van der Waals surface area contributed by atoms with E-state index in [1.54, 1.807) is 0 Å². The summed E-state index contributed by atoms with van der Waals surface area (Å²) in [5, 5.41) is 0. The molecule has 2 aromatic rings. The van der Waals surface area contributed by atoms with Gasteiger partial charge in [0.05, 0.1) is 5.52 Å². The predicted octanol–water partition coefficient (Wildman–Crippen LogP) is 3.41. The highest BCUT2D eigenvalue weighted by atomic mass is 32.2. The molecule has 0 bridgehead atoms. The number of hydrogen-bond acceptors (Lipinski definition) is 3. The highest BCUT2D eigenvalue weighted by Gasteiger charge is 2.13. The van der Waals surface area contributed by atoms with Crippen molar-refractivity contribution >= 4 is 35.1 Å². The van der Waals surface area contributed by atoms with Gasteiger partial charge in [0, 0.05) is 18.0 Å². The van der Waals surface area contributed by atoms with Crippen LogP contribution in [0.2, 0.25) is 0 Å². The van der Waals surface area contributed by atoms with Crippen molar-refractivity contribution < 1.29 is 0 Å². The van der Waals surface area contributed by atoms with Gasteiger partial charge in [-0.25, -0.2) is 4.98 Å². The zero-order valence-corrected chi connectivity index (χ0v) is 11.1. The summed E-state index contributed by atoms with van der Waals surface area (Å²) >= 11 is 7.21. The fourth-order valence-corrected chi connectivity index (χ4v) is 2.98. The Morgan fingerprint density at radius 3 is 3.12 bits per heavy atom. The molecule has 0 aliphatic heterocycles. The molecule has 5 heteroatoms. The molecule has 0 radical (unpaired) electrons. The fraction of sp³-hybridized carbons (Fsp3) is 0.455. The molecule has 0 amide bonds. The molecule has 3 nitrogen and oxygen atoms in total. The molecular weight excluding hydrogens is 238 g/mol. The Hall–Kier alpha value is -0.810. The summed E-state index contributed by atoms with van der Waals surface area (Å²) in [5.41, 5.74) is 1.99. The Morgan fingerprint density at radius 2 is 2.44 bits per heavy atom. The van der Waals surface area contributed by atoms with E-state index in [-0.39, 0.29) is 0 Å². The second-order valence-electron chi connectivity index (χ2n) is 3.69. The van der Waals surface area contributed by atoms with E-state index < -0.39 is 0 Å². The first-order valence-electron chi connectivity index (χ1n) is 5.32. The number of aromatic nitrogens is 3. The second kappa shape index (κ2) is 5.01. The topological polar surface area (TPSA) is 33.6 Å². The van der Waals surface area contributed by atoms with Crippen molar-refractivity contribution in [3.63, 3.8) is 0 Å². The molecule has 0 aromatic carbocycles. The molecular formula is C11H15N3S2. The maximum absolute atomic E-state index is 5.37. The zero-order chi connectivity index (χ0) is 11.5. The van der Waals surface area contributed by atoms with E-state index in [4.69, 9.17) is 12.2 Å². The van der Waals surface area contributed by atoms with Crippen molar-refractivity contribution in [2.45, 2.75) is 19.4 Å². The number of hydrogen-bond donors (Lipinski definition) is 1. The Kier molecular flexibility index (Phi) is 3.66. The van der Waals surface area contributed by atoms with Crippen LogP contribution in [0.5, 0.6) is 0 Å². The second-order valence-corrected chi connectivity index (χ2v) is 4.99. The number of nitrogens with zero attached hydrogens (tertiary/aromatic N) is 2. The quantitative estimate of drug-likeness (QED) is 0.848. The highest BCUT2D eigenvalue weighted by Crippen LogP contribution is 2.22. The highest BCUT2D eigenvalue weighted by molar-refractivity contribution is 7.98. The minimum atomic E-state index is 0.422. The first kappa shape index (κ1) is 11.7. The van der Waals surface area contributed by atoms with Crippen molar-refractivity contribution in [1.82, 2.24) is 14.5 Å². The van der Waals surface area contributed by atoms with E-state index >= 15 is 0 Å². The smallest absolute Gasteiger partial charge is 0.179 e. The molecule has 2 aromatic heterocycles. The van der Waals surface area contributed by atoms with Gasteiger partial charge in [-0.05, 0) is 37.0 Å². The van der Waals surface area contributed by atoms with Gasteiger partial charge in [-0.15, -0.1) is 0 Å². The number of nitrogens with one attached hydrogen (secondary N) is 1. The summed E-state index contributed by atoms with van der Waals surface area (Å²) in [4.78, 5) is 7.62. The van der Waals surface area contributed by atoms with Crippen molar-refractivity contribution in [3.8, 4) is 0 Å². The van der Waals surface area contributed by atoms with Crippen LogP contribution in [0, 0.1) is 4.77 Å². The summed E-state index contributed by atoms with van der Waals surface area (Å²) in [6.45, 7) is 2.18. The number of H-pyrrole nitrogens is 1. The Balaban J connectivity index is 2.57. The minimum Gasteiger partial charge on any atom is -0.329 e. The van der Waals surface area contributed by atoms with Crippen LogP contribution >= 0.6 is 24.0 Å². The predicted molar refractivity (Wildman–Crippen MR) is 72.6 cm³/mol. The van der Waals surface area contributed by atoms with Gasteiger partial charge in [0.1, 0.15) is 0 Å². The third-order valence-electron chi connectivity index (χ3n) is 2.67. The van der Waals surface area contributed by atoms with E-state index in [9.17, 15) is 0 Å². The van der Waals surface area contributed by atoms with Crippen LogP contribution in [0.25, 0.3) is 11.2 Å². The lowest BCUT2D eigenvalue weighted by Crippen LogP contribution is -2.11. The van der Waals surface area contributed by atoms with Crippen molar-refractivity contribution in [1.29, 1.82) is 0 Å². The third-order valence-corrected chi connectivity index (χ3v) is 3.69. The van der Waals surface area contributed by atoms with Gasteiger partial charge in [-0.1, -0.05) is 6.92 Å². The van der Waals surface area contributed by atoms with Crippen LogP contribution in [0.3, 0.4) is 0 Å². The van der Waals surface area contributed by atoms with Gasteiger partial charge in [0.15, 0.2) is 10.4 Å². The largest absolute Gasteiger partial charge is 0.329 e. The molecule has 0 aliphatic carbocycles. The normalized spacial score (nSPS) is 13.1.